The van der Waals surface area contributed by atoms with Crippen molar-refractivity contribution < 1.29 is 14.9 Å². The van der Waals surface area contributed by atoms with Gasteiger partial charge < -0.3 is 30.5 Å². The smallest absolute Gasteiger partial charge is 0.152 e. The number of piperidine rings is 1. The van der Waals surface area contributed by atoms with Crippen LogP contribution in [0.2, 0.25) is 10.2 Å². The van der Waals surface area contributed by atoms with Crippen molar-refractivity contribution in [3.05, 3.63) is 28.1 Å². The van der Waals surface area contributed by atoms with Crippen LogP contribution in [0.3, 0.4) is 0 Å². The van der Waals surface area contributed by atoms with Gasteiger partial charge in [-0.2, -0.15) is 0 Å². The fourth-order valence-corrected chi connectivity index (χ4v) is 7.02. The van der Waals surface area contributed by atoms with Crippen molar-refractivity contribution >= 4 is 46.6 Å². The minimum atomic E-state index is -0.222. The van der Waals surface area contributed by atoms with Gasteiger partial charge in [0.15, 0.2) is 11.6 Å². The number of rotatable bonds is 6. The van der Waals surface area contributed by atoms with Crippen LogP contribution in [0.4, 0.5) is 11.6 Å². The van der Waals surface area contributed by atoms with Crippen molar-refractivity contribution in [3.8, 4) is 0 Å². The average Bonchev–Trinajstić information content (AvgIpc) is 3.47. The van der Waals surface area contributed by atoms with Crippen LogP contribution >= 0.6 is 35.0 Å². The highest BCUT2D eigenvalue weighted by molar-refractivity contribution is 7.99. The van der Waals surface area contributed by atoms with E-state index in [2.05, 4.69) is 14.9 Å². The maximum atomic E-state index is 10.1. The molecule has 3 fully saturated rings. The van der Waals surface area contributed by atoms with E-state index in [9.17, 15) is 10.2 Å². The van der Waals surface area contributed by atoms with Gasteiger partial charge in [0.1, 0.15) is 15.9 Å². The summed E-state index contributed by atoms with van der Waals surface area (Å²) in [6, 6.07) is 1.72. The predicted molar refractivity (Wildman–Crippen MR) is 141 cm³/mol. The van der Waals surface area contributed by atoms with Crippen LogP contribution in [0.25, 0.3) is 0 Å². The molecule has 0 aliphatic carbocycles. The monoisotopic (exact) mass is 554 g/mol. The van der Waals surface area contributed by atoms with E-state index in [1.807, 2.05) is 11.8 Å². The van der Waals surface area contributed by atoms with Gasteiger partial charge in [-0.3, -0.25) is 0 Å². The number of aliphatic hydroxyl groups is 2. The van der Waals surface area contributed by atoms with Crippen LogP contribution in [-0.2, 0) is 11.3 Å². The first-order chi connectivity index (χ1) is 17.3. The van der Waals surface area contributed by atoms with Crippen LogP contribution in [0.1, 0.15) is 38.3 Å². The van der Waals surface area contributed by atoms with Gasteiger partial charge in [-0.1, -0.05) is 35.0 Å². The molecule has 3 aliphatic heterocycles. The Morgan fingerprint density at radius 3 is 2.64 bits per heavy atom. The van der Waals surface area contributed by atoms with Gasteiger partial charge >= 0.3 is 0 Å². The second-order valence-corrected chi connectivity index (χ2v) is 11.7. The van der Waals surface area contributed by atoms with Crippen molar-refractivity contribution in [2.45, 2.75) is 67.3 Å². The Morgan fingerprint density at radius 2 is 1.97 bits per heavy atom. The van der Waals surface area contributed by atoms with E-state index >= 15 is 0 Å². The van der Waals surface area contributed by atoms with Gasteiger partial charge in [0.2, 0.25) is 0 Å². The lowest BCUT2D eigenvalue weighted by molar-refractivity contribution is 0.0973. The van der Waals surface area contributed by atoms with Crippen LogP contribution in [-0.4, -0.2) is 76.2 Å². The van der Waals surface area contributed by atoms with Crippen LogP contribution in [0, 0.1) is 5.41 Å². The maximum absolute atomic E-state index is 10.1. The molecule has 9 nitrogen and oxygen atoms in total. The molecular formula is C24H32Cl2N6O3S. The molecule has 2 aromatic rings. The second kappa shape index (κ2) is 10.8. The summed E-state index contributed by atoms with van der Waals surface area (Å²) in [4.78, 5) is 18.7. The molecule has 36 heavy (non-hydrogen) atoms. The lowest BCUT2D eigenvalue weighted by atomic mass is 9.73. The number of anilines is 2. The molecule has 196 valence electrons. The Morgan fingerprint density at radius 1 is 1.19 bits per heavy atom. The Bertz CT molecular complexity index is 1100. The number of aromatic nitrogens is 3. The summed E-state index contributed by atoms with van der Waals surface area (Å²) >= 11 is 14.4. The number of halogens is 2. The van der Waals surface area contributed by atoms with Crippen molar-refractivity contribution in [1.29, 1.82) is 0 Å². The Labute approximate surface area is 225 Å². The second-order valence-electron chi connectivity index (χ2n) is 9.88. The van der Waals surface area contributed by atoms with E-state index < -0.39 is 0 Å². The highest BCUT2D eigenvalue weighted by Crippen LogP contribution is 2.43. The highest BCUT2D eigenvalue weighted by atomic mass is 35.5. The largest absolute Gasteiger partial charge is 0.394 e. The van der Waals surface area contributed by atoms with Crippen LogP contribution in [0.5, 0.6) is 0 Å². The molecule has 3 atom stereocenters. The number of ether oxygens (including phenoxy) is 1. The molecule has 1 unspecified atom stereocenters. The highest BCUT2D eigenvalue weighted by Gasteiger charge is 2.47. The molecular weight excluding hydrogens is 523 g/mol. The molecule has 3 aliphatic rings. The van der Waals surface area contributed by atoms with E-state index in [0.717, 1.165) is 45.3 Å². The first-order valence-electron chi connectivity index (χ1n) is 12.4. The molecule has 0 bridgehead atoms. The lowest BCUT2D eigenvalue weighted by Gasteiger charge is -2.41. The molecule has 0 amide bonds. The molecule has 12 heteroatoms. The number of pyridine rings is 1. The minimum absolute atomic E-state index is 0.0119. The number of nitrogens with two attached hydrogens (primary N) is 1. The topological polar surface area (TPSA) is 121 Å². The molecule has 4 N–H and O–H groups in total. The summed E-state index contributed by atoms with van der Waals surface area (Å²) in [5.41, 5.74) is 6.99. The van der Waals surface area contributed by atoms with Crippen molar-refractivity contribution in [1.82, 2.24) is 15.0 Å². The molecule has 0 aromatic carbocycles. The van der Waals surface area contributed by atoms with Crippen LogP contribution < -0.4 is 15.5 Å². The van der Waals surface area contributed by atoms with Crippen molar-refractivity contribution in [2.24, 2.45) is 11.1 Å². The standard InChI is InChI=1S/C24H32Cl2N6O3S/c1-14-21(27)24(13-35-14)4-7-31(8-5-24)22-16(12-34)29-19(10-28-22)36-17-9-18(25)30-23(20(17)26)32-6-2-3-15(32)11-33/h9-10,14-15,21,33-34H,2-8,11-13,27H2,1H3/t14-,15?,21+/m0/s1. The normalized spacial score (nSPS) is 25.8. The fraction of sp³-hybridized carbons (Fsp3) is 0.625. The molecule has 5 heterocycles. The van der Waals surface area contributed by atoms with E-state index in [1.54, 1.807) is 12.3 Å². The summed E-state index contributed by atoms with van der Waals surface area (Å²) < 4.78 is 5.83. The Kier molecular flexibility index (Phi) is 7.84. The zero-order valence-corrected chi connectivity index (χ0v) is 22.6. The molecule has 1 spiro atoms. The number of nitrogens with zero attached hydrogens (tertiary/aromatic N) is 5. The predicted octanol–water partition coefficient (Wildman–Crippen LogP) is 3.12. The van der Waals surface area contributed by atoms with E-state index in [-0.39, 0.29) is 36.8 Å². The third-order valence-electron chi connectivity index (χ3n) is 7.81. The molecule has 5 rings (SSSR count). The summed E-state index contributed by atoms with van der Waals surface area (Å²) in [6.45, 7) is 4.89. The summed E-state index contributed by atoms with van der Waals surface area (Å²) in [7, 11) is 0. The van der Waals surface area contributed by atoms with Gasteiger partial charge in [-0.25, -0.2) is 15.0 Å². The molecule has 0 radical (unpaired) electrons. The van der Waals surface area contributed by atoms with Crippen molar-refractivity contribution in [3.63, 3.8) is 0 Å². The summed E-state index contributed by atoms with van der Waals surface area (Å²) in [6.07, 6.45) is 5.45. The number of aliphatic hydroxyl groups excluding tert-OH is 2. The quantitative estimate of drug-likeness (QED) is 0.459. The van der Waals surface area contributed by atoms with Crippen LogP contribution in [0.15, 0.2) is 22.2 Å². The van der Waals surface area contributed by atoms with E-state index in [0.29, 0.717) is 44.0 Å². The fourth-order valence-electron chi connectivity index (χ4n) is 5.60. The molecule has 2 aromatic heterocycles. The minimum Gasteiger partial charge on any atom is -0.394 e. The zero-order chi connectivity index (χ0) is 25.4. The van der Waals surface area contributed by atoms with Gasteiger partial charge in [-0.05, 0) is 38.7 Å². The zero-order valence-electron chi connectivity index (χ0n) is 20.2. The molecule has 0 saturated carbocycles. The van der Waals surface area contributed by atoms with Gasteiger partial charge in [0, 0.05) is 36.0 Å². The SMILES string of the molecule is C[C@@H]1OCC2(CCN(c3ncc(Sc4cc(Cl)nc(N5CCCC5CO)c4Cl)nc3CO)CC2)[C@@H]1N. The van der Waals surface area contributed by atoms with Gasteiger partial charge in [0.25, 0.3) is 0 Å². The lowest BCUT2D eigenvalue weighted by Crippen LogP contribution is -2.51. The van der Waals surface area contributed by atoms with E-state index in [1.165, 1.54) is 11.8 Å². The first-order valence-corrected chi connectivity index (χ1v) is 13.9. The van der Waals surface area contributed by atoms with Crippen molar-refractivity contribution in [2.75, 3.05) is 42.6 Å². The number of hydrogen-bond donors (Lipinski definition) is 3. The Balaban J connectivity index is 1.34. The third kappa shape index (κ3) is 4.89. The molecule has 3 saturated heterocycles. The summed E-state index contributed by atoms with van der Waals surface area (Å²) in [5, 5.41) is 21.2. The van der Waals surface area contributed by atoms with Gasteiger partial charge in [-0.15, -0.1) is 0 Å². The average molecular weight is 556 g/mol. The van der Waals surface area contributed by atoms with Gasteiger partial charge in [0.05, 0.1) is 43.2 Å². The van der Waals surface area contributed by atoms with E-state index in [4.69, 9.17) is 38.7 Å². The third-order valence-corrected chi connectivity index (χ3v) is 9.43. The number of hydrogen-bond acceptors (Lipinski definition) is 10. The Hall–Kier alpha value is -1.40. The first kappa shape index (κ1) is 26.2. The maximum Gasteiger partial charge on any atom is 0.152 e. The summed E-state index contributed by atoms with van der Waals surface area (Å²) in [5.74, 6) is 1.26.